The van der Waals surface area contributed by atoms with Gasteiger partial charge in [-0.1, -0.05) is 0 Å². The van der Waals surface area contributed by atoms with Crippen molar-refractivity contribution >= 4 is 17.2 Å². The van der Waals surface area contributed by atoms with E-state index in [2.05, 4.69) is 5.38 Å². The van der Waals surface area contributed by atoms with E-state index < -0.39 is 5.54 Å². The zero-order valence-electron chi connectivity index (χ0n) is 9.77. The predicted molar refractivity (Wildman–Crippen MR) is 66.1 cm³/mol. The molecule has 0 aliphatic heterocycles. The van der Waals surface area contributed by atoms with Crippen LogP contribution in [0.3, 0.4) is 0 Å². The summed E-state index contributed by atoms with van der Waals surface area (Å²) in [6, 6.07) is 2.04. The van der Waals surface area contributed by atoms with E-state index in [1.165, 1.54) is 5.56 Å². The topological polar surface area (TPSA) is 46.3 Å². The van der Waals surface area contributed by atoms with Gasteiger partial charge in [-0.3, -0.25) is 4.79 Å². The van der Waals surface area contributed by atoms with Crippen LogP contribution in [0.4, 0.5) is 0 Å². The van der Waals surface area contributed by atoms with Gasteiger partial charge in [-0.2, -0.15) is 11.3 Å². The van der Waals surface area contributed by atoms with Crippen LogP contribution in [0.15, 0.2) is 16.8 Å². The van der Waals surface area contributed by atoms with Crippen molar-refractivity contribution in [2.24, 2.45) is 11.7 Å². The maximum atomic E-state index is 12.2. The van der Waals surface area contributed by atoms with Crippen LogP contribution in [0.5, 0.6) is 0 Å². The fraction of sp³-hybridized carbons (Fsp3) is 0.583. The van der Waals surface area contributed by atoms with Crippen LogP contribution in [-0.2, 0) is 11.3 Å². The van der Waals surface area contributed by atoms with E-state index in [1.807, 2.05) is 25.4 Å². The molecule has 1 saturated carbocycles. The van der Waals surface area contributed by atoms with E-state index in [1.54, 1.807) is 16.2 Å². The fourth-order valence-corrected chi connectivity index (χ4v) is 2.66. The number of hydrogen-bond acceptors (Lipinski definition) is 3. The van der Waals surface area contributed by atoms with Crippen molar-refractivity contribution in [2.45, 2.75) is 31.8 Å². The number of hydrogen-bond donors (Lipinski definition) is 1. The van der Waals surface area contributed by atoms with Gasteiger partial charge in [0.15, 0.2) is 0 Å². The number of nitrogens with two attached hydrogens (primary N) is 1. The molecule has 1 aromatic rings. The number of carbonyl (C=O) groups is 1. The molecule has 0 saturated heterocycles. The highest BCUT2D eigenvalue weighted by Gasteiger charge is 2.45. The van der Waals surface area contributed by atoms with Gasteiger partial charge in [-0.15, -0.1) is 0 Å². The molecule has 3 nitrogen and oxygen atoms in total. The van der Waals surface area contributed by atoms with Gasteiger partial charge in [-0.25, -0.2) is 0 Å². The Kier molecular flexibility index (Phi) is 3.04. The Morgan fingerprint density at radius 3 is 2.88 bits per heavy atom. The van der Waals surface area contributed by atoms with Gasteiger partial charge in [0.2, 0.25) is 5.91 Å². The maximum Gasteiger partial charge on any atom is 0.242 e. The summed E-state index contributed by atoms with van der Waals surface area (Å²) in [4.78, 5) is 13.9. The Hall–Kier alpha value is -0.870. The van der Waals surface area contributed by atoms with Gasteiger partial charge < -0.3 is 10.6 Å². The Morgan fingerprint density at radius 1 is 1.69 bits per heavy atom. The molecule has 1 aliphatic carbocycles. The van der Waals surface area contributed by atoms with Crippen molar-refractivity contribution in [2.75, 3.05) is 7.05 Å². The molecule has 1 amide bonds. The average Bonchev–Trinajstić information content (AvgIpc) is 2.99. The fourth-order valence-electron chi connectivity index (χ4n) is 2.00. The summed E-state index contributed by atoms with van der Waals surface area (Å²) in [5.41, 5.74) is 6.60. The third-order valence-electron chi connectivity index (χ3n) is 3.23. The zero-order chi connectivity index (χ0) is 11.8. The van der Waals surface area contributed by atoms with Crippen molar-refractivity contribution < 1.29 is 4.79 Å². The molecule has 1 aromatic heterocycles. The largest absolute Gasteiger partial charge is 0.340 e. The minimum Gasteiger partial charge on any atom is -0.340 e. The van der Waals surface area contributed by atoms with Crippen LogP contribution in [-0.4, -0.2) is 23.4 Å². The Morgan fingerprint density at radius 2 is 2.38 bits per heavy atom. The molecule has 4 heteroatoms. The summed E-state index contributed by atoms with van der Waals surface area (Å²) in [6.07, 6.45) is 2.18. The third-order valence-corrected chi connectivity index (χ3v) is 3.96. The van der Waals surface area contributed by atoms with Crippen LogP contribution in [0.2, 0.25) is 0 Å². The predicted octanol–water partition coefficient (Wildman–Crippen LogP) is 1.83. The summed E-state index contributed by atoms with van der Waals surface area (Å²) in [7, 11) is 1.83. The summed E-state index contributed by atoms with van der Waals surface area (Å²) in [6.45, 7) is 2.51. The Labute approximate surface area is 100 Å². The molecular weight excluding hydrogens is 220 g/mol. The lowest BCUT2D eigenvalue weighted by molar-refractivity contribution is -0.136. The molecule has 0 aromatic carbocycles. The molecule has 1 atom stereocenters. The average molecular weight is 238 g/mol. The molecule has 2 N–H and O–H groups in total. The van der Waals surface area contributed by atoms with Gasteiger partial charge in [0.1, 0.15) is 0 Å². The number of nitrogens with zero attached hydrogens (tertiary/aromatic N) is 1. The molecule has 88 valence electrons. The van der Waals surface area contributed by atoms with Crippen molar-refractivity contribution in [3.8, 4) is 0 Å². The van der Waals surface area contributed by atoms with E-state index in [4.69, 9.17) is 5.73 Å². The summed E-state index contributed by atoms with van der Waals surface area (Å²) >= 11 is 1.65. The molecule has 0 bridgehead atoms. The van der Waals surface area contributed by atoms with Gasteiger partial charge in [0, 0.05) is 13.6 Å². The van der Waals surface area contributed by atoms with Crippen LogP contribution in [0.25, 0.3) is 0 Å². The van der Waals surface area contributed by atoms with Gasteiger partial charge >= 0.3 is 0 Å². The first kappa shape index (κ1) is 11.6. The third kappa shape index (κ3) is 2.28. The lowest BCUT2D eigenvalue weighted by atomic mass is 9.95. The maximum absolute atomic E-state index is 12.2. The Balaban J connectivity index is 1.98. The van der Waals surface area contributed by atoms with E-state index in [0.717, 1.165) is 12.8 Å². The second-order valence-electron chi connectivity index (χ2n) is 4.85. The first-order valence-corrected chi connectivity index (χ1v) is 6.51. The molecule has 16 heavy (non-hydrogen) atoms. The van der Waals surface area contributed by atoms with Gasteiger partial charge in [0.25, 0.3) is 0 Å². The zero-order valence-corrected chi connectivity index (χ0v) is 10.6. The van der Waals surface area contributed by atoms with Gasteiger partial charge in [0.05, 0.1) is 5.54 Å². The molecule has 2 rings (SSSR count). The molecule has 1 fully saturated rings. The molecule has 1 heterocycles. The lowest BCUT2D eigenvalue weighted by Gasteiger charge is -2.29. The van der Waals surface area contributed by atoms with Crippen LogP contribution in [0, 0.1) is 5.92 Å². The summed E-state index contributed by atoms with van der Waals surface area (Å²) < 4.78 is 0. The van der Waals surface area contributed by atoms with Crippen molar-refractivity contribution in [3.05, 3.63) is 22.4 Å². The van der Waals surface area contributed by atoms with Crippen molar-refractivity contribution in [1.82, 2.24) is 4.90 Å². The highest BCUT2D eigenvalue weighted by atomic mass is 32.1. The van der Waals surface area contributed by atoms with E-state index in [9.17, 15) is 4.79 Å². The summed E-state index contributed by atoms with van der Waals surface area (Å²) in [5, 5.41) is 4.09. The van der Waals surface area contributed by atoms with E-state index in [0.29, 0.717) is 12.5 Å². The number of thiophene rings is 1. The van der Waals surface area contributed by atoms with Crippen molar-refractivity contribution in [3.63, 3.8) is 0 Å². The normalized spacial score (nSPS) is 19.2. The SMILES string of the molecule is CN(Cc1ccsc1)C(=O)C(C)(N)C1CC1. The van der Waals surface area contributed by atoms with Crippen LogP contribution >= 0.6 is 11.3 Å². The standard InChI is InChI=1S/C12H18N2OS/c1-12(13,10-3-4-10)11(15)14(2)7-9-5-6-16-8-9/h5-6,8,10H,3-4,7,13H2,1-2H3. The monoisotopic (exact) mass is 238 g/mol. The Bertz CT molecular complexity index is 368. The minimum atomic E-state index is -0.676. The molecular formula is C12H18N2OS. The van der Waals surface area contributed by atoms with E-state index >= 15 is 0 Å². The minimum absolute atomic E-state index is 0.0567. The summed E-state index contributed by atoms with van der Waals surface area (Å²) in [5.74, 6) is 0.436. The number of amides is 1. The van der Waals surface area contributed by atoms with Crippen LogP contribution < -0.4 is 5.73 Å². The van der Waals surface area contributed by atoms with Crippen LogP contribution in [0.1, 0.15) is 25.3 Å². The lowest BCUT2D eigenvalue weighted by Crippen LogP contribution is -2.53. The van der Waals surface area contributed by atoms with Gasteiger partial charge in [-0.05, 0) is 48.1 Å². The first-order valence-electron chi connectivity index (χ1n) is 5.57. The quantitative estimate of drug-likeness (QED) is 0.870. The second kappa shape index (κ2) is 4.18. The number of rotatable bonds is 4. The molecule has 0 radical (unpaired) electrons. The van der Waals surface area contributed by atoms with E-state index in [-0.39, 0.29) is 5.91 Å². The number of carbonyl (C=O) groups excluding carboxylic acids is 1. The molecule has 1 unspecified atom stereocenters. The second-order valence-corrected chi connectivity index (χ2v) is 5.63. The van der Waals surface area contributed by atoms with Crippen molar-refractivity contribution in [1.29, 1.82) is 0 Å². The first-order chi connectivity index (χ1) is 7.51. The highest BCUT2D eigenvalue weighted by Crippen LogP contribution is 2.38. The highest BCUT2D eigenvalue weighted by molar-refractivity contribution is 7.07. The number of likely N-dealkylation sites (N-methyl/N-ethyl adjacent to an activating group) is 1. The molecule has 0 spiro atoms. The smallest absolute Gasteiger partial charge is 0.242 e. The molecule has 1 aliphatic rings.